The second kappa shape index (κ2) is 7.80. The Balaban J connectivity index is 3.92. The minimum Gasteiger partial charge on any atom is -0.464 e. The van der Waals surface area contributed by atoms with Gasteiger partial charge >= 0.3 is 0 Å². The van der Waals surface area contributed by atoms with Crippen molar-refractivity contribution >= 4 is 17.4 Å². The first-order valence-corrected chi connectivity index (χ1v) is 5.64. The monoisotopic (exact) mass is 215 g/mol. The Labute approximate surface area is 92.7 Å². The molecule has 0 aromatic rings. The van der Waals surface area contributed by atoms with Gasteiger partial charge in [-0.1, -0.05) is 19.9 Å². The molecule has 3 heteroatoms. The molecule has 2 nitrogen and oxygen atoms in total. The third-order valence-corrected chi connectivity index (χ3v) is 1.87. The van der Waals surface area contributed by atoms with Gasteiger partial charge in [-0.2, -0.15) is 0 Å². The molecule has 0 amide bonds. The predicted molar refractivity (Wildman–Crippen MR) is 65.5 cm³/mol. The van der Waals surface area contributed by atoms with Gasteiger partial charge in [0.2, 0.25) is 0 Å². The van der Waals surface area contributed by atoms with E-state index in [1.165, 1.54) is 0 Å². The normalized spacial score (nSPS) is 13.2. The van der Waals surface area contributed by atoms with Crippen LogP contribution in [0.4, 0.5) is 0 Å². The van der Waals surface area contributed by atoms with Crippen LogP contribution in [0.2, 0.25) is 0 Å². The molecule has 14 heavy (non-hydrogen) atoms. The lowest BCUT2D eigenvalue weighted by molar-refractivity contribution is 0.225. The topological polar surface area (TPSA) is 21.3 Å². The molecule has 0 heterocycles. The third-order valence-electron chi connectivity index (χ3n) is 1.65. The van der Waals surface area contributed by atoms with E-state index in [-0.39, 0.29) is 6.10 Å². The first kappa shape index (κ1) is 13.4. The molecule has 0 saturated heterocycles. The second-order valence-corrected chi connectivity index (χ2v) is 3.86. The fraction of sp³-hybridized carbons (Fsp3) is 0.727. The molecule has 0 aliphatic rings. The highest BCUT2D eigenvalue weighted by Gasteiger charge is 2.06. The summed E-state index contributed by atoms with van der Waals surface area (Å²) >= 11 is 5.06. The minimum absolute atomic E-state index is 0.105. The molecular weight excluding hydrogens is 194 g/mol. The van der Waals surface area contributed by atoms with E-state index in [0.717, 1.165) is 12.8 Å². The summed E-state index contributed by atoms with van der Waals surface area (Å²) in [6, 6.07) is 0.329. The van der Waals surface area contributed by atoms with Crippen molar-refractivity contribution in [3.8, 4) is 0 Å². The molecule has 1 N–H and O–H groups in total. The SMILES string of the molecule is CC/C=C/[C@H](CC)OC(=S)NC(C)C. The van der Waals surface area contributed by atoms with Gasteiger partial charge in [0.05, 0.1) is 0 Å². The van der Waals surface area contributed by atoms with Gasteiger partial charge in [-0.3, -0.25) is 0 Å². The summed E-state index contributed by atoms with van der Waals surface area (Å²) in [6.07, 6.45) is 6.25. The van der Waals surface area contributed by atoms with Crippen LogP contribution in [-0.4, -0.2) is 17.3 Å². The Kier molecular flexibility index (Phi) is 7.48. The first-order chi connectivity index (χ1) is 6.60. The minimum atomic E-state index is 0.105. The summed E-state index contributed by atoms with van der Waals surface area (Å²) in [4.78, 5) is 0. The molecular formula is C11H21NOS. The number of rotatable bonds is 5. The highest BCUT2D eigenvalue weighted by atomic mass is 32.1. The molecule has 0 spiro atoms. The molecule has 0 aliphatic heterocycles. The van der Waals surface area contributed by atoms with Crippen molar-refractivity contribution in [1.82, 2.24) is 5.32 Å². The van der Waals surface area contributed by atoms with E-state index in [2.05, 4.69) is 31.3 Å². The maximum atomic E-state index is 5.55. The third kappa shape index (κ3) is 6.89. The average Bonchev–Trinajstić information content (AvgIpc) is 2.10. The van der Waals surface area contributed by atoms with Gasteiger partial charge in [0.1, 0.15) is 6.10 Å². The maximum Gasteiger partial charge on any atom is 0.257 e. The van der Waals surface area contributed by atoms with Crippen molar-refractivity contribution in [2.75, 3.05) is 0 Å². The largest absolute Gasteiger partial charge is 0.464 e. The molecule has 0 saturated carbocycles. The van der Waals surface area contributed by atoms with E-state index in [9.17, 15) is 0 Å². The fourth-order valence-electron chi connectivity index (χ4n) is 0.954. The highest BCUT2D eigenvalue weighted by Crippen LogP contribution is 2.01. The average molecular weight is 215 g/mol. The van der Waals surface area contributed by atoms with E-state index in [1.54, 1.807) is 0 Å². The molecule has 0 bridgehead atoms. The standard InChI is InChI=1S/C11H21NOS/c1-5-7-8-10(6-2)13-11(14)12-9(3)4/h7-10H,5-6H2,1-4H3,(H,12,14)/b8-7+/t10-/m0/s1. The van der Waals surface area contributed by atoms with Gasteiger partial charge in [-0.05, 0) is 45.0 Å². The van der Waals surface area contributed by atoms with Gasteiger partial charge < -0.3 is 10.1 Å². The van der Waals surface area contributed by atoms with Gasteiger partial charge in [-0.25, -0.2) is 0 Å². The van der Waals surface area contributed by atoms with Crippen molar-refractivity contribution in [2.24, 2.45) is 0 Å². The van der Waals surface area contributed by atoms with E-state index >= 15 is 0 Å². The van der Waals surface area contributed by atoms with Gasteiger partial charge in [0, 0.05) is 6.04 Å². The smallest absolute Gasteiger partial charge is 0.257 e. The first-order valence-electron chi connectivity index (χ1n) is 5.23. The van der Waals surface area contributed by atoms with Crippen LogP contribution in [0.5, 0.6) is 0 Å². The maximum absolute atomic E-state index is 5.55. The second-order valence-electron chi connectivity index (χ2n) is 3.49. The van der Waals surface area contributed by atoms with Crippen molar-refractivity contribution < 1.29 is 4.74 Å². The van der Waals surface area contributed by atoms with Crippen LogP contribution in [0.25, 0.3) is 0 Å². The number of nitrogens with one attached hydrogen (secondary N) is 1. The number of allylic oxidation sites excluding steroid dienone is 1. The Morgan fingerprint density at radius 2 is 2.07 bits per heavy atom. The lowest BCUT2D eigenvalue weighted by atomic mass is 10.2. The van der Waals surface area contributed by atoms with Crippen LogP contribution in [0, 0.1) is 0 Å². The molecule has 82 valence electrons. The van der Waals surface area contributed by atoms with Crippen LogP contribution >= 0.6 is 12.2 Å². The van der Waals surface area contributed by atoms with Crippen molar-refractivity contribution in [2.45, 2.75) is 52.7 Å². The number of thiocarbonyl (C=S) groups is 1. The van der Waals surface area contributed by atoms with Crippen molar-refractivity contribution in [1.29, 1.82) is 0 Å². The van der Waals surface area contributed by atoms with Gasteiger partial charge in [0.15, 0.2) is 0 Å². The zero-order valence-electron chi connectivity index (χ0n) is 9.54. The summed E-state index contributed by atoms with van der Waals surface area (Å²) in [6.45, 7) is 8.27. The van der Waals surface area contributed by atoms with Crippen LogP contribution in [0.15, 0.2) is 12.2 Å². The zero-order chi connectivity index (χ0) is 11.0. The molecule has 1 atom stereocenters. The predicted octanol–water partition coefficient (Wildman–Crippen LogP) is 3.03. The van der Waals surface area contributed by atoms with Crippen LogP contribution in [-0.2, 0) is 4.74 Å². The summed E-state index contributed by atoms with van der Waals surface area (Å²) < 4.78 is 5.55. The van der Waals surface area contributed by atoms with Gasteiger partial charge in [-0.15, -0.1) is 0 Å². The molecule has 0 unspecified atom stereocenters. The fourth-order valence-corrected chi connectivity index (χ4v) is 1.31. The van der Waals surface area contributed by atoms with E-state index in [1.807, 2.05) is 13.8 Å². The lowest BCUT2D eigenvalue weighted by Crippen LogP contribution is -2.32. The molecule has 0 aromatic heterocycles. The Bertz CT molecular complexity index is 190. The van der Waals surface area contributed by atoms with Crippen LogP contribution in [0.3, 0.4) is 0 Å². The van der Waals surface area contributed by atoms with Crippen LogP contribution in [0.1, 0.15) is 40.5 Å². The van der Waals surface area contributed by atoms with E-state index in [4.69, 9.17) is 17.0 Å². The lowest BCUT2D eigenvalue weighted by Gasteiger charge is -2.17. The summed E-state index contributed by atoms with van der Waals surface area (Å²) in [5.74, 6) is 0. The Morgan fingerprint density at radius 1 is 1.43 bits per heavy atom. The molecule has 0 fully saturated rings. The molecule has 0 radical (unpaired) electrons. The van der Waals surface area contributed by atoms with Gasteiger partial charge in [0.25, 0.3) is 5.17 Å². The zero-order valence-corrected chi connectivity index (χ0v) is 10.4. The van der Waals surface area contributed by atoms with E-state index < -0.39 is 0 Å². The van der Waals surface area contributed by atoms with Crippen molar-refractivity contribution in [3.63, 3.8) is 0 Å². The quantitative estimate of drug-likeness (QED) is 0.562. The summed E-state index contributed by atoms with van der Waals surface area (Å²) in [5.41, 5.74) is 0. The molecule has 0 aliphatic carbocycles. The van der Waals surface area contributed by atoms with Crippen LogP contribution < -0.4 is 5.32 Å². The van der Waals surface area contributed by atoms with E-state index in [0.29, 0.717) is 11.2 Å². The number of hydrogen-bond donors (Lipinski definition) is 1. The highest BCUT2D eigenvalue weighted by molar-refractivity contribution is 7.80. The summed E-state index contributed by atoms with van der Waals surface area (Å²) in [5, 5.41) is 3.55. The molecule has 0 aromatic carbocycles. The number of hydrogen-bond acceptors (Lipinski definition) is 2. The molecule has 0 rings (SSSR count). The Morgan fingerprint density at radius 3 is 2.50 bits per heavy atom. The van der Waals surface area contributed by atoms with Crippen molar-refractivity contribution in [3.05, 3.63) is 12.2 Å². The summed E-state index contributed by atoms with van der Waals surface area (Å²) in [7, 11) is 0. The number of ether oxygens (including phenoxy) is 1. The Hall–Kier alpha value is -0.570.